The molecule has 0 aromatic rings. The van der Waals surface area contributed by atoms with Crippen LogP contribution in [0, 0.1) is 0 Å². The smallest absolute Gasteiger partial charge is 0.318 e. The number of hydrogen-bond acceptors (Lipinski definition) is 6. The van der Waals surface area contributed by atoms with Crippen LogP contribution < -0.4 is 0 Å². The van der Waals surface area contributed by atoms with Crippen molar-refractivity contribution in [1.82, 2.24) is 0 Å². The van der Waals surface area contributed by atoms with Crippen molar-refractivity contribution in [2.24, 2.45) is 5.11 Å². The molecule has 98 valence electrons. The topological polar surface area (TPSA) is 111 Å². The van der Waals surface area contributed by atoms with Gasteiger partial charge in [-0.2, -0.15) is 0 Å². The number of nitrogens with zero attached hydrogens (tertiary/aromatic N) is 3. The van der Waals surface area contributed by atoms with Crippen molar-refractivity contribution >= 4 is 11.8 Å². The molecule has 0 unspecified atom stereocenters. The van der Waals surface area contributed by atoms with Gasteiger partial charge in [0.05, 0.1) is 0 Å². The lowest BCUT2D eigenvalue weighted by molar-refractivity contribution is -0.176. The van der Waals surface area contributed by atoms with Crippen molar-refractivity contribution in [2.45, 2.75) is 50.9 Å². The van der Waals surface area contributed by atoms with Gasteiger partial charge in [-0.05, 0) is 26.3 Å². The highest BCUT2D eigenvalue weighted by Gasteiger charge is 2.56. The van der Waals surface area contributed by atoms with Crippen molar-refractivity contribution < 1.29 is 23.8 Å². The standard InChI is InChI=1S/C10H13N3O5/c1-4(14)6-8-7(17-10(2,3)18-8)5(12-13-11)9(15)16-6/h5-8H,1-3H3/t5-,6+,7+,8-/m1/s1. The van der Waals surface area contributed by atoms with Gasteiger partial charge in [0.15, 0.2) is 23.7 Å². The van der Waals surface area contributed by atoms with Gasteiger partial charge in [0.25, 0.3) is 0 Å². The SMILES string of the molecule is CC(=O)[C@@H]1OC(=O)[C@H](N=[N+]=[N-])[C@@H]2OC(C)(C)O[C@@H]21. The molecule has 2 aliphatic heterocycles. The summed E-state index contributed by atoms with van der Waals surface area (Å²) in [6.07, 6.45) is -2.56. The molecule has 2 saturated heterocycles. The molecule has 2 aliphatic rings. The number of fused-ring (bicyclic) bond motifs is 1. The van der Waals surface area contributed by atoms with Crippen LogP contribution >= 0.6 is 0 Å². The van der Waals surface area contributed by atoms with Crippen LogP contribution in [0.1, 0.15) is 20.8 Å². The predicted molar refractivity (Wildman–Crippen MR) is 57.3 cm³/mol. The van der Waals surface area contributed by atoms with E-state index in [0.717, 1.165) is 0 Å². The molecule has 2 heterocycles. The van der Waals surface area contributed by atoms with Gasteiger partial charge in [-0.25, -0.2) is 0 Å². The van der Waals surface area contributed by atoms with Gasteiger partial charge in [-0.15, -0.1) is 0 Å². The number of hydrogen-bond donors (Lipinski definition) is 0. The van der Waals surface area contributed by atoms with E-state index in [-0.39, 0.29) is 5.78 Å². The maximum absolute atomic E-state index is 11.7. The second-order valence-electron chi connectivity index (χ2n) is 4.68. The molecule has 0 aromatic carbocycles. The summed E-state index contributed by atoms with van der Waals surface area (Å²) >= 11 is 0. The number of carbonyl (C=O) groups is 2. The van der Waals surface area contributed by atoms with E-state index >= 15 is 0 Å². The van der Waals surface area contributed by atoms with Gasteiger partial charge in [-0.1, -0.05) is 5.11 Å². The van der Waals surface area contributed by atoms with Gasteiger partial charge >= 0.3 is 5.97 Å². The Kier molecular flexibility index (Phi) is 3.02. The summed E-state index contributed by atoms with van der Waals surface area (Å²) in [5.74, 6) is -2.06. The van der Waals surface area contributed by atoms with Gasteiger partial charge < -0.3 is 14.2 Å². The minimum Gasteiger partial charge on any atom is -0.451 e. The summed E-state index contributed by atoms with van der Waals surface area (Å²) in [6, 6.07) is -1.13. The van der Waals surface area contributed by atoms with E-state index in [1.807, 2.05) is 0 Å². The third kappa shape index (κ3) is 2.05. The normalized spacial score (nSPS) is 37.4. The maximum Gasteiger partial charge on any atom is 0.318 e. The Bertz CT molecular complexity index is 443. The van der Waals surface area contributed by atoms with Crippen LogP contribution in [-0.4, -0.2) is 41.9 Å². The van der Waals surface area contributed by atoms with Crippen LogP contribution in [0.15, 0.2) is 5.11 Å². The summed E-state index contributed by atoms with van der Waals surface area (Å²) in [7, 11) is 0. The van der Waals surface area contributed by atoms with E-state index in [0.29, 0.717) is 0 Å². The molecule has 2 rings (SSSR count). The van der Waals surface area contributed by atoms with Crippen molar-refractivity contribution in [2.75, 3.05) is 0 Å². The van der Waals surface area contributed by atoms with Crippen LogP contribution in [0.5, 0.6) is 0 Å². The maximum atomic E-state index is 11.7. The first-order valence-electron chi connectivity index (χ1n) is 5.46. The average Bonchev–Trinajstić information content (AvgIpc) is 2.57. The largest absolute Gasteiger partial charge is 0.451 e. The fourth-order valence-electron chi connectivity index (χ4n) is 2.17. The molecule has 0 aromatic heterocycles. The molecular formula is C10H13N3O5. The number of cyclic esters (lactones) is 1. The first-order chi connectivity index (χ1) is 8.35. The zero-order chi connectivity index (χ0) is 13.5. The molecule has 0 saturated carbocycles. The van der Waals surface area contributed by atoms with Crippen molar-refractivity contribution in [3.8, 4) is 0 Å². The van der Waals surface area contributed by atoms with E-state index in [1.54, 1.807) is 13.8 Å². The Hall–Kier alpha value is -1.63. The Morgan fingerprint density at radius 2 is 2.00 bits per heavy atom. The van der Waals surface area contributed by atoms with Crippen LogP contribution in [0.3, 0.4) is 0 Å². The molecule has 0 aliphatic carbocycles. The third-order valence-corrected chi connectivity index (χ3v) is 2.83. The summed E-state index contributed by atoms with van der Waals surface area (Å²) in [5.41, 5.74) is 8.45. The number of esters is 1. The quantitative estimate of drug-likeness (QED) is 0.312. The monoisotopic (exact) mass is 255 g/mol. The summed E-state index contributed by atoms with van der Waals surface area (Å²) in [5, 5.41) is 3.36. The van der Waals surface area contributed by atoms with Crippen LogP contribution in [0.2, 0.25) is 0 Å². The number of Topliss-reactive ketones (excluding diaryl/α,β-unsaturated/α-hetero) is 1. The molecule has 8 heteroatoms. The number of ketones is 1. The molecular weight excluding hydrogens is 242 g/mol. The lowest BCUT2D eigenvalue weighted by Crippen LogP contribution is -2.55. The molecule has 0 radical (unpaired) electrons. The highest BCUT2D eigenvalue weighted by atomic mass is 16.8. The highest BCUT2D eigenvalue weighted by molar-refractivity contribution is 5.87. The number of rotatable bonds is 2. The lowest BCUT2D eigenvalue weighted by Gasteiger charge is -2.32. The Morgan fingerprint density at radius 3 is 2.56 bits per heavy atom. The first kappa shape index (κ1) is 12.8. The minimum absolute atomic E-state index is 0.334. The molecule has 18 heavy (non-hydrogen) atoms. The molecule has 0 N–H and O–H groups in total. The zero-order valence-electron chi connectivity index (χ0n) is 10.2. The summed E-state index contributed by atoms with van der Waals surface area (Å²) in [6.45, 7) is 4.61. The first-order valence-corrected chi connectivity index (χ1v) is 5.46. The van der Waals surface area contributed by atoms with Gasteiger partial charge in [0.2, 0.25) is 0 Å². The predicted octanol–water partition coefficient (Wildman–Crippen LogP) is 0.700. The summed E-state index contributed by atoms with van der Waals surface area (Å²) in [4.78, 5) is 25.7. The average molecular weight is 255 g/mol. The van der Waals surface area contributed by atoms with Crippen molar-refractivity contribution in [3.05, 3.63) is 10.4 Å². The number of azide groups is 1. The van der Waals surface area contributed by atoms with Gasteiger partial charge in [0, 0.05) is 4.91 Å². The lowest BCUT2D eigenvalue weighted by atomic mass is 9.96. The second kappa shape index (κ2) is 4.24. The molecule has 8 nitrogen and oxygen atoms in total. The fraction of sp³-hybridized carbons (Fsp3) is 0.800. The van der Waals surface area contributed by atoms with Crippen molar-refractivity contribution in [3.63, 3.8) is 0 Å². The van der Waals surface area contributed by atoms with E-state index in [1.165, 1.54) is 6.92 Å². The number of ether oxygens (including phenoxy) is 3. The Morgan fingerprint density at radius 1 is 1.39 bits per heavy atom. The molecule has 0 spiro atoms. The molecule has 0 bridgehead atoms. The highest BCUT2D eigenvalue weighted by Crippen LogP contribution is 2.37. The third-order valence-electron chi connectivity index (χ3n) is 2.83. The zero-order valence-corrected chi connectivity index (χ0v) is 10.2. The second-order valence-corrected chi connectivity index (χ2v) is 4.68. The van der Waals surface area contributed by atoms with Crippen LogP contribution in [-0.2, 0) is 23.8 Å². The molecule has 0 amide bonds. The van der Waals surface area contributed by atoms with Gasteiger partial charge in [-0.3, -0.25) is 9.59 Å². The van der Waals surface area contributed by atoms with E-state index in [2.05, 4.69) is 10.0 Å². The van der Waals surface area contributed by atoms with E-state index in [4.69, 9.17) is 19.7 Å². The van der Waals surface area contributed by atoms with Crippen LogP contribution in [0.25, 0.3) is 10.4 Å². The Labute approximate surface area is 103 Å². The van der Waals surface area contributed by atoms with Crippen molar-refractivity contribution in [1.29, 1.82) is 0 Å². The fourth-order valence-corrected chi connectivity index (χ4v) is 2.17. The minimum atomic E-state index is -1.13. The Balaban J connectivity index is 2.35. The van der Waals surface area contributed by atoms with Gasteiger partial charge in [0.1, 0.15) is 12.2 Å². The van der Waals surface area contributed by atoms with E-state index < -0.39 is 36.1 Å². The van der Waals surface area contributed by atoms with E-state index in [9.17, 15) is 9.59 Å². The molecule has 4 atom stereocenters. The molecule has 2 fully saturated rings. The number of carbonyl (C=O) groups excluding carboxylic acids is 2. The van der Waals surface area contributed by atoms with Crippen LogP contribution in [0.4, 0.5) is 0 Å². The summed E-state index contributed by atoms with van der Waals surface area (Å²) < 4.78 is 16.0.